The average Bonchev–Trinajstić information content (AvgIpc) is 2.11. The average molecular weight is 139 g/mol. The Kier molecular flexibility index (Phi) is 1.43. The summed E-state index contributed by atoms with van der Waals surface area (Å²) in [6.45, 7) is 9.97. The molecule has 1 aliphatic heterocycles. The first-order valence-electron chi connectivity index (χ1n) is 3.30. The molecule has 10 heavy (non-hydrogen) atoms. The maximum Gasteiger partial charge on any atom is 0.133 e. The van der Waals surface area contributed by atoms with E-state index in [0.717, 1.165) is 11.7 Å². The second-order valence-electron chi connectivity index (χ2n) is 3.43. The Labute approximate surface area is 61.2 Å². The van der Waals surface area contributed by atoms with Crippen molar-refractivity contribution in [3.63, 3.8) is 0 Å². The Morgan fingerprint density at radius 2 is 2.00 bits per heavy atom. The van der Waals surface area contributed by atoms with Gasteiger partial charge in [-0.15, -0.1) is 0 Å². The van der Waals surface area contributed by atoms with Crippen LogP contribution in [0.2, 0.25) is 0 Å². The first-order chi connectivity index (χ1) is 4.50. The molecule has 0 spiro atoms. The van der Waals surface area contributed by atoms with Crippen molar-refractivity contribution in [2.24, 2.45) is 10.5 Å². The Morgan fingerprint density at radius 1 is 1.40 bits per heavy atom. The van der Waals surface area contributed by atoms with Gasteiger partial charge in [0, 0.05) is 5.41 Å². The molecule has 0 unspecified atom stereocenters. The smallest absolute Gasteiger partial charge is 0.133 e. The highest BCUT2D eigenvalue weighted by molar-refractivity contribution is 5.89. The molecular formula is C7H13N3. The zero-order valence-corrected chi connectivity index (χ0v) is 6.65. The first kappa shape index (κ1) is 7.12. The van der Waals surface area contributed by atoms with Crippen LogP contribution in [0.5, 0.6) is 0 Å². The van der Waals surface area contributed by atoms with Crippen molar-refractivity contribution in [1.29, 1.82) is 0 Å². The van der Waals surface area contributed by atoms with Gasteiger partial charge in [-0.1, -0.05) is 27.4 Å². The summed E-state index contributed by atoms with van der Waals surface area (Å²) in [6, 6.07) is 0. The molecule has 0 fully saturated rings. The van der Waals surface area contributed by atoms with Crippen LogP contribution in [0.25, 0.3) is 0 Å². The SMILES string of the molecule is C=C1NN=C(C(C)(C)C)N1. The minimum atomic E-state index is 0.0758. The van der Waals surface area contributed by atoms with E-state index in [-0.39, 0.29) is 5.41 Å². The highest BCUT2D eigenvalue weighted by Gasteiger charge is 2.22. The van der Waals surface area contributed by atoms with E-state index in [2.05, 4.69) is 43.2 Å². The van der Waals surface area contributed by atoms with Gasteiger partial charge in [0.25, 0.3) is 0 Å². The summed E-state index contributed by atoms with van der Waals surface area (Å²) in [6.07, 6.45) is 0. The molecule has 0 atom stereocenters. The highest BCUT2D eigenvalue weighted by atomic mass is 15.4. The molecule has 0 aromatic carbocycles. The molecule has 0 saturated carbocycles. The molecule has 3 nitrogen and oxygen atoms in total. The van der Waals surface area contributed by atoms with Gasteiger partial charge in [-0.05, 0) is 0 Å². The molecular weight excluding hydrogens is 126 g/mol. The van der Waals surface area contributed by atoms with Gasteiger partial charge in [0.15, 0.2) is 0 Å². The lowest BCUT2D eigenvalue weighted by Crippen LogP contribution is -2.30. The lowest BCUT2D eigenvalue weighted by atomic mass is 9.95. The van der Waals surface area contributed by atoms with Crippen LogP contribution in [-0.4, -0.2) is 5.84 Å². The lowest BCUT2D eigenvalue weighted by Gasteiger charge is -2.16. The Balaban J connectivity index is 2.69. The van der Waals surface area contributed by atoms with Gasteiger partial charge in [0.1, 0.15) is 11.7 Å². The number of amidine groups is 1. The fourth-order valence-corrected chi connectivity index (χ4v) is 0.677. The van der Waals surface area contributed by atoms with E-state index >= 15 is 0 Å². The minimum absolute atomic E-state index is 0.0758. The summed E-state index contributed by atoms with van der Waals surface area (Å²) in [5, 5.41) is 7.08. The molecule has 1 rings (SSSR count). The number of nitrogens with one attached hydrogen (secondary N) is 2. The summed E-state index contributed by atoms with van der Waals surface area (Å²) in [5.74, 6) is 1.70. The van der Waals surface area contributed by atoms with Crippen molar-refractivity contribution in [3.8, 4) is 0 Å². The predicted molar refractivity (Wildman–Crippen MR) is 42.3 cm³/mol. The van der Waals surface area contributed by atoms with E-state index in [1.54, 1.807) is 0 Å². The topological polar surface area (TPSA) is 36.4 Å². The third-order valence-corrected chi connectivity index (χ3v) is 1.28. The van der Waals surface area contributed by atoms with E-state index in [1.165, 1.54) is 0 Å². The molecule has 0 aromatic heterocycles. The van der Waals surface area contributed by atoms with E-state index in [4.69, 9.17) is 0 Å². The molecule has 0 radical (unpaired) electrons. The summed E-state index contributed by atoms with van der Waals surface area (Å²) in [5.41, 5.74) is 2.83. The van der Waals surface area contributed by atoms with Gasteiger partial charge in [-0.25, -0.2) is 0 Å². The van der Waals surface area contributed by atoms with Gasteiger partial charge in [0.05, 0.1) is 0 Å². The quantitative estimate of drug-likeness (QED) is 0.525. The molecule has 2 N–H and O–H groups in total. The molecule has 56 valence electrons. The van der Waals surface area contributed by atoms with Crippen molar-refractivity contribution in [1.82, 2.24) is 10.7 Å². The van der Waals surface area contributed by atoms with Gasteiger partial charge < -0.3 is 5.32 Å². The third kappa shape index (κ3) is 1.29. The fraction of sp³-hybridized carbons (Fsp3) is 0.571. The Morgan fingerprint density at radius 3 is 2.20 bits per heavy atom. The molecule has 0 aliphatic carbocycles. The maximum atomic E-state index is 4.04. The van der Waals surface area contributed by atoms with Crippen molar-refractivity contribution < 1.29 is 0 Å². The fourth-order valence-electron chi connectivity index (χ4n) is 0.677. The summed E-state index contributed by atoms with van der Waals surface area (Å²) in [7, 11) is 0. The zero-order valence-electron chi connectivity index (χ0n) is 6.65. The van der Waals surface area contributed by atoms with Gasteiger partial charge in [-0.2, -0.15) is 5.10 Å². The van der Waals surface area contributed by atoms with Crippen molar-refractivity contribution in [2.45, 2.75) is 20.8 Å². The molecule has 0 amide bonds. The van der Waals surface area contributed by atoms with E-state index in [1.807, 2.05) is 0 Å². The van der Waals surface area contributed by atoms with Crippen LogP contribution in [0.1, 0.15) is 20.8 Å². The van der Waals surface area contributed by atoms with Crippen LogP contribution in [0.15, 0.2) is 17.5 Å². The molecule has 0 aromatic rings. The van der Waals surface area contributed by atoms with Crippen LogP contribution >= 0.6 is 0 Å². The van der Waals surface area contributed by atoms with Crippen molar-refractivity contribution in [3.05, 3.63) is 12.4 Å². The molecule has 0 bridgehead atoms. The zero-order chi connectivity index (χ0) is 7.78. The molecule has 1 aliphatic rings. The predicted octanol–water partition coefficient (Wildman–Crippen LogP) is 1.01. The van der Waals surface area contributed by atoms with Crippen LogP contribution in [0.3, 0.4) is 0 Å². The summed E-state index contributed by atoms with van der Waals surface area (Å²) < 4.78 is 0. The van der Waals surface area contributed by atoms with Crippen molar-refractivity contribution >= 4 is 5.84 Å². The third-order valence-electron chi connectivity index (χ3n) is 1.28. The summed E-state index contributed by atoms with van der Waals surface area (Å²) >= 11 is 0. The lowest BCUT2D eigenvalue weighted by molar-refractivity contribution is 0.577. The first-order valence-corrected chi connectivity index (χ1v) is 3.30. The summed E-state index contributed by atoms with van der Waals surface area (Å²) in [4.78, 5) is 0. The second kappa shape index (κ2) is 2.01. The second-order valence-corrected chi connectivity index (χ2v) is 3.43. The van der Waals surface area contributed by atoms with E-state index in [0.29, 0.717) is 0 Å². The molecule has 3 heteroatoms. The van der Waals surface area contributed by atoms with Crippen LogP contribution in [0, 0.1) is 5.41 Å². The number of rotatable bonds is 0. The van der Waals surface area contributed by atoms with Gasteiger partial charge >= 0.3 is 0 Å². The van der Waals surface area contributed by atoms with E-state index < -0.39 is 0 Å². The normalized spacial score (nSPS) is 17.9. The standard InChI is InChI=1S/C7H13N3/c1-5-8-6(10-9-5)7(2,3)4/h9H,1H2,2-4H3,(H,8,10). The number of nitrogens with zero attached hydrogens (tertiary/aromatic N) is 1. The largest absolute Gasteiger partial charge is 0.327 e. The van der Waals surface area contributed by atoms with Crippen LogP contribution in [0.4, 0.5) is 0 Å². The molecule has 1 heterocycles. The van der Waals surface area contributed by atoms with Crippen LogP contribution < -0.4 is 10.7 Å². The molecule has 0 saturated heterocycles. The Bertz CT molecular complexity index is 186. The monoisotopic (exact) mass is 139 g/mol. The van der Waals surface area contributed by atoms with Crippen LogP contribution in [-0.2, 0) is 0 Å². The van der Waals surface area contributed by atoms with Gasteiger partial charge in [0.2, 0.25) is 0 Å². The number of hydrogen-bond donors (Lipinski definition) is 2. The maximum absolute atomic E-state index is 4.04. The van der Waals surface area contributed by atoms with E-state index in [9.17, 15) is 0 Å². The minimum Gasteiger partial charge on any atom is -0.327 e. The Hall–Kier alpha value is -0.990. The number of hydrogen-bond acceptors (Lipinski definition) is 3. The highest BCUT2D eigenvalue weighted by Crippen LogP contribution is 2.16. The van der Waals surface area contributed by atoms with Crippen molar-refractivity contribution in [2.75, 3.05) is 0 Å². The van der Waals surface area contributed by atoms with Gasteiger partial charge in [-0.3, -0.25) is 5.43 Å². The number of hydrazone groups is 1.